The summed E-state index contributed by atoms with van der Waals surface area (Å²) in [6, 6.07) is 9.33. The van der Waals surface area contributed by atoms with Crippen LogP contribution < -0.4 is 5.73 Å². The largest absolute Gasteiger partial charge is 0.347 e. The molecule has 0 aliphatic carbocycles. The van der Waals surface area contributed by atoms with Crippen molar-refractivity contribution in [2.45, 2.75) is 18.9 Å². The van der Waals surface area contributed by atoms with Gasteiger partial charge in [0.2, 0.25) is 11.8 Å². The monoisotopic (exact) mass is 277 g/mol. The van der Waals surface area contributed by atoms with E-state index in [1.807, 2.05) is 30.3 Å². The van der Waals surface area contributed by atoms with Crippen molar-refractivity contribution < 1.29 is 9.59 Å². The van der Waals surface area contributed by atoms with E-state index in [1.165, 1.54) is 9.80 Å². The highest BCUT2D eigenvalue weighted by Gasteiger charge is 2.20. The predicted molar refractivity (Wildman–Crippen MR) is 79.1 cm³/mol. The molecule has 0 radical (unpaired) electrons. The maximum atomic E-state index is 12.1. The van der Waals surface area contributed by atoms with E-state index in [4.69, 9.17) is 5.73 Å². The van der Waals surface area contributed by atoms with Gasteiger partial charge in [-0.2, -0.15) is 0 Å². The number of aryl methyl sites for hydroxylation is 1. The predicted octanol–water partition coefficient (Wildman–Crippen LogP) is 0.493. The summed E-state index contributed by atoms with van der Waals surface area (Å²) in [6.45, 7) is 0.0604. The number of nitrogens with zero attached hydrogens (tertiary/aromatic N) is 2. The lowest BCUT2D eigenvalue weighted by Gasteiger charge is -2.22. The smallest absolute Gasteiger partial charge is 0.241 e. The van der Waals surface area contributed by atoms with E-state index in [0.717, 1.165) is 12.0 Å². The van der Waals surface area contributed by atoms with Crippen LogP contribution in [0.25, 0.3) is 0 Å². The summed E-state index contributed by atoms with van der Waals surface area (Å²) in [6.07, 6.45) is 1.33. The van der Waals surface area contributed by atoms with Gasteiger partial charge in [-0.15, -0.1) is 0 Å². The molecule has 0 fully saturated rings. The molecule has 0 aliphatic heterocycles. The molecule has 0 aliphatic rings. The lowest BCUT2D eigenvalue weighted by atomic mass is 10.1. The quantitative estimate of drug-likeness (QED) is 0.823. The van der Waals surface area contributed by atoms with E-state index in [1.54, 1.807) is 21.1 Å². The van der Waals surface area contributed by atoms with Gasteiger partial charge in [0.15, 0.2) is 0 Å². The number of likely N-dealkylation sites (N-methyl/N-ethyl adjacent to an activating group) is 2. The van der Waals surface area contributed by atoms with Crippen LogP contribution in [0.4, 0.5) is 0 Å². The van der Waals surface area contributed by atoms with E-state index in [-0.39, 0.29) is 18.4 Å². The molecular formula is C15H23N3O2. The number of carbonyl (C=O) groups excluding carboxylic acids is 2. The van der Waals surface area contributed by atoms with E-state index < -0.39 is 6.04 Å². The number of hydrogen-bond donors (Lipinski definition) is 1. The Kier molecular flexibility index (Phi) is 6.18. The SMILES string of the molecule is CN(C)C(=O)CN(C)C(=O)C(N)CCc1ccccc1. The molecule has 1 unspecified atom stereocenters. The third kappa shape index (κ3) is 5.01. The second-order valence-electron chi connectivity index (χ2n) is 5.11. The van der Waals surface area contributed by atoms with Gasteiger partial charge in [0.05, 0.1) is 12.6 Å². The van der Waals surface area contributed by atoms with Gasteiger partial charge in [-0.05, 0) is 18.4 Å². The van der Waals surface area contributed by atoms with Gasteiger partial charge in [0.1, 0.15) is 0 Å². The molecule has 5 nitrogen and oxygen atoms in total. The van der Waals surface area contributed by atoms with Crippen LogP contribution in [-0.4, -0.2) is 55.3 Å². The minimum atomic E-state index is -0.574. The van der Waals surface area contributed by atoms with Crippen molar-refractivity contribution in [3.05, 3.63) is 35.9 Å². The van der Waals surface area contributed by atoms with Crippen LogP contribution in [0.3, 0.4) is 0 Å². The molecule has 20 heavy (non-hydrogen) atoms. The number of carbonyl (C=O) groups is 2. The van der Waals surface area contributed by atoms with E-state index >= 15 is 0 Å². The Bertz CT molecular complexity index is 446. The molecule has 5 heteroatoms. The lowest BCUT2D eigenvalue weighted by molar-refractivity contribution is -0.138. The molecule has 0 heterocycles. The Morgan fingerprint density at radius 3 is 2.30 bits per heavy atom. The molecule has 0 saturated heterocycles. The van der Waals surface area contributed by atoms with Crippen LogP contribution in [0.2, 0.25) is 0 Å². The molecular weight excluding hydrogens is 254 g/mol. The lowest BCUT2D eigenvalue weighted by Crippen LogP contribution is -2.45. The van der Waals surface area contributed by atoms with Crippen molar-refractivity contribution >= 4 is 11.8 Å². The van der Waals surface area contributed by atoms with Crippen LogP contribution >= 0.6 is 0 Å². The number of rotatable bonds is 6. The average Bonchev–Trinajstić information content (AvgIpc) is 2.44. The Balaban J connectivity index is 2.44. The van der Waals surface area contributed by atoms with Crippen molar-refractivity contribution in [1.29, 1.82) is 0 Å². The Labute approximate surface area is 120 Å². The molecule has 1 rings (SSSR count). The molecule has 0 bridgehead atoms. The molecule has 0 aromatic heterocycles. The molecule has 1 aromatic rings. The molecule has 1 aromatic carbocycles. The minimum Gasteiger partial charge on any atom is -0.347 e. The van der Waals surface area contributed by atoms with Gasteiger partial charge in [0, 0.05) is 21.1 Å². The third-order valence-electron chi connectivity index (χ3n) is 3.15. The minimum absolute atomic E-state index is 0.0604. The van der Waals surface area contributed by atoms with Crippen molar-refractivity contribution in [3.8, 4) is 0 Å². The van der Waals surface area contributed by atoms with Crippen LogP contribution in [0, 0.1) is 0 Å². The van der Waals surface area contributed by atoms with Gasteiger partial charge in [-0.3, -0.25) is 9.59 Å². The van der Waals surface area contributed by atoms with E-state index in [2.05, 4.69) is 0 Å². The van der Waals surface area contributed by atoms with Crippen LogP contribution in [0.1, 0.15) is 12.0 Å². The van der Waals surface area contributed by atoms with Gasteiger partial charge >= 0.3 is 0 Å². The fraction of sp³-hybridized carbons (Fsp3) is 0.467. The topological polar surface area (TPSA) is 66.6 Å². The zero-order valence-electron chi connectivity index (χ0n) is 12.4. The van der Waals surface area contributed by atoms with Crippen molar-refractivity contribution in [3.63, 3.8) is 0 Å². The number of hydrogen-bond acceptors (Lipinski definition) is 3. The van der Waals surface area contributed by atoms with Crippen molar-refractivity contribution in [2.75, 3.05) is 27.7 Å². The van der Waals surface area contributed by atoms with Gasteiger partial charge < -0.3 is 15.5 Å². The van der Waals surface area contributed by atoms with Gasteiger partial charge in [0.25, 0.3) is 0 Å². The van der Waals surface area contributed by atoms with Gasteiger partial charge in [-0.25, -0.2) is 0 Å². The first kappa shape index (κ1) is 16.2. The summed E-state index contributed by atoms with van der Waals surface area (Å²) in [4.78, 5) is 26.4. The highest BCUT2D eigenvalue weighted by Crippen LogP contribution is 2.05. The molecule has 2 amide bonds. The van der Waals surface area contributed by atoms with Crippen LogP contribution in [0.5, 0.6) is 0 Å². The molecule has 0 spiro atoms. The number of benzene rings is 1. The van der Waals surface area contributed by atoms with E-state index in [9.17, 15) is 9.59 Å². The molecule has 1 atom stereocenters. The van der Waals surface area contributed by atoms with Crippen LogP contribution in [0.15, 0.2) is 30.3 Å². The Morgan fingerprint density at radius 2 is 1.75 bits per heavy atom. The normalized spacial score (nSPS) is 11.8. The highest BCUT2D eigenvalue weighted by molar-refractivity contribution is 5.87. The summed E-state index contributed by atoms with van der Waals surface area (Å²) < 4.78 is 0. The zero-order chi connectivity index (χ0) is 15.1. The summed E-state index contributed by atoms with van der Waals surface area (Å²) in [5.41, 5.74) is 7.06. The van der Waals surface area contributed by atoms with Gasteiger partial charge in [-0.1, -0.05) is 30.3 Å². The average molecular weight is 277 g/mol. The maximum Gasteiger partial charge on any atom is 0.241 e. The van der Waals surface area contributed by atoms with Crippen LogP contribution in [-0.2, 0) is 16.0 Å². The van der Waals surface area contributed by atoms with Crippen molar-refractivity contribution in [2.24, 2.45) is 5.73 Å². The summed E-state index contributed by atoms with van der Waals surface area (Å²) in [5, 5.41) is 0. The number of amides is 2. The fourth-order valence-corrected chi connectivity index (χ4v) is 1.80. The Hall–Kier alpha value is -1.88. The Morgan fingerprint density at radius 1 is 1.15 bits per heavy atom. The molecule has 0 saturated carbocycles. The maximum absolute atomic E-state index is 12.1. The summed E-state index contributed by atoms with van der Waals surface area (Å²) >= 11 is 0. The second kappa shape index (κ2) is 7.65. The number of nitrogens with two attached hydrogens (primary N) is 1. The first-order chi connectivity index (χ1) is 9.41. The molecule has 2 N–H and O–H groups in total. The first-order valence-corrected chi connectivity index (χ1v) is 6.66. The second-order valence-corrected chi connectivity index (χ2v) is 5.11. The fourth-order valence-electron chi connectivity index (χ4n) is 1.80. The first-order valence-electron chi connectivity index (χ1n) is 6.66. The summed E-state index contributed by atoms with van der Waals surface area (Å²) in [7, 11) is 4.93. The molecule has 110 valence electrons. The van der Waals surface area contributed by atoms with Crippen molar-refractivity contribution in [1.82, 2.24) is 9.80 Å². The summed E-state index contributed by atoms with van der Waals surface area (Å²) in [5.74, 6) is -0.313. The third-order valence-corrected chi connectivity index (χ3v) is 3.15. The highest BCUT2D eigenvalue weighted by atomic mass is 16.2. The standard InChI is InChI=1S/C15H23N3O2/c1-17(2)14(19)11-18(3)15(20)13(16)10-9-12-7-5-4-6-8-12/h4-8,13H,9-11,16H2,1-3H3. The van der Waals surface area contributed by atoms with E-state index in [0.29, 0.717) is 6.42 Å². The zero-order valence-corrected chi connectivity index (χ0v) is 12.4.